The minimum Gasteiger partial charge on any atom is -0.497 e. The lowest BCUT2D eigenvalue weighted by atomic mass is 9.70. The standard InChI is InChI=1S/C28H34N2O6/c1-28(2)22-13-18-15-29(16-25(31)30(17-26(32)33)19-7-5-4-6-8-19)12-11-23(18)35-27(22)21-10-9-20(34-3)14-24(21)36-28/h4-10,14,18,22-23,27H,11-13,15-17H2,1-3H3,(H,32,33)/t18-,22+,23+,27-/m0/s1. The zero-order valence-corrected chi connectivity index (χ0v) is 21.1. The molecule has 1 amide bonds. The van der Waals surface area contributed by atoms with E-state index in [9.17, 15) is 14.7 Å². The number of piperidine rings is 1. The molecule has 0 radical (unpaired) electrons. The zero-order chi connectivity index (χ0) is 25.4. The predicted molar refractivity (Wildman–Crippen MR) is 134 cm³/mol. The molecule has 0 aromatic heterocycles. The number of benzene rings is 2. The first kappa shape index (κ1) is 24.6. The van der Waals surface area contributed by atoms with Crippen molar-refractivity contribution in [3.05, 3.63) is 54.1 Å². The fourth-order valence-electron chi connectivity index (χ4n) is 5.97. The molecule has 8 heteroatoms. The molecular weight excluding hydrogens is 460 g/mol. The normalized spacial score (nSPS) is 26.5. The molecule has 192 valence electrons. The molecule has 0 bridgehead atoms. The van der Waals surface area contributed by atoms with Crippen molar-refractivity contribution in [2.75, 3.05) is 38.2 Å². The number of carboxylic acids is 1. The molecule has 4 atom stereocenters. The van der Waals surface area contributed by atoms with E-state index in [1.54, 1.807) is 31.4 Å². The number of hydrogen-bond donors (Lipinski definition) is 1. The lowest BCUT2D eigenvalue weighted by molar-refractivity contribution is -0.187. The molecular formula is C28H34N2O6. The number of hydrogen-bond acceptors (Lipinski definition) is 6. The van der Waals surface area contributed by atoms with Gasteiger partial charge >= 0.3 is 5.97 Å². The lowest BCUT2D eigenvalue weighted by Crippen LogP contribution is -2.56. The Kier molecular flexibility index (Phi) is 6.66. The van der Waals surface area contributed by atoms with Crippen molar-refractivity contribution in [2.45, 2.75) is 44.5 Å². The van der Waals surface area contributed by atoms with Crippen LogP contribution in [0.5, 0.6) is 11.5 Å². The van der Waals surface area contributed by atoms with E-state index in [4.69, 9.17) is 14.2 Å². The van der Waals surface area contributed by atoms with Gasteiger partial charge in [0.05, 0.1) is 25.9 Å². The first-order valence-corrected chi connectivity index (χ1v) is 12.6. The van der Waals surface area contributed by atoms with E-state index in [-0.39, 0.29) is 43.0 Å². The molecule has 5 rings (SSSR count). The summed E-state index contributed by atoms with van der Waals surface area (Å²) in [6.45, 7) is 5.53. The fourth-order valence-corrected chi connectivity index (χ4v) is 5.97. The summed E-state index contributed by atoms with van der Waals surface area (Å²) in [6.07, 6.45) is 1.85. The van der Waals surface area contributed by atoms with Crippen molar-refractivity contribution < 1.29 is 28.9 Å². The van der Waals surface area contributed by atoms with Crippen LogP contribution in [-0.2, 0) is 14.3 Å². The van der Waals surface area contributed by atoms with Gasteiger partial charge in [-0.05, 0) is 56.9 Å². The average molecular weight is 495 g/mol. The van der Waals surface area contributed by atoms with Gasteiger partial charge in [0.1, 0.15) is 23.6 Å². The largest absolute Gasteiger partial charge is 0.497 e. The Morgan fingerprint density at radius 1 is 1.19 bits per heavy atom. The molecule has 36 heavy (non-hydrogen) atoms. The monoisotopic (exact) mass is 494 g/mol. The average Bonchev–Trinajstić information content (AvgIpc) is 2.86. The number of fused-ring (bicyclic) bond motifs is 4. The van der Waals surface area contributed by atoms with Gasteiger partial charge in [-0.15, -0.1) is 0 Å². The number of methoxy groups -OCH3 is 1. The minimum atomic E-state index is -1.03. The summed E-state index contributed by atoms with van der Waals surface area (Å²) in [6, 6.07) is 14.9. The smallest absolute Gasteiger partial charge is 0.323 e. The van der Waals surface area contributed by atoms with E-state index in [1.165, 1.54) is 4.90 Å². The van der Waals surface area contributed by atoms with Gasteiger partial charge in [0, 0.05) is 36.3 Å². The number of aliphatic carboxylic acids is 1. The number of nitrogens with zero attached hydrogens (tertiary/aromatic N) is 2. The van der Waals surface area contributed by atoms with Crippen molar-refractivity contribution in [2.24, 2.45) is 11.8 Å². The van der Waals surface area contributed by atoms with E-state index < -0.39 is 11.6 Å². The quantitative estimate of drug-likeness (QED) is 0.654. The molecule has 1 N–H and O–H groups in total. The second-order valence-corrected chi connectivity index (χ2v) is 10.5. The van der Waals surface area contributed by atoms with Crippen molar-refractivity contribution in [1.29, 1.82) is 0 Å². The fraction of sp³-hybridized carbons (Fsp3) is 0.500. The summed E-state index contributed by atoms with van der Waals surface area (Å²) in [4.78, 5) is 28.1. The second-order valence-electron chi connectivity index (χ2n) is 10.5. The topological polar surface area (TPSA) is 88.5 Å². The Morgan fingerprint density at radius 2 is 1.97 bits per heavy atom. The van der Waals surface area contributed by atoms with Crippen LogP contribution in [-0.4, -0.2) is 66.9 Å². The number of likely N-dealkylation sites (tertiary alicyclic amines) is 1. The number of anilines is 1. The molecule has 0 spiro atoms. The Labute approximate surface area is 211 Å². The van der Waals surface area contributed by atoms with Gasteiger partial charge in [-0.2, -0.15) is 0 Å². The molecule has 3 aliphatic heterocycles. The van der Waals surface area contributed by atoms with Crippen molar-refractivity contribution in [3.63, 3.8) is 0 Å². The van der Waals surface area contributed by atoms with Crippen molar-refractivity contribution in [3.8, 4) is 11.5 Å². The number of ether oxygens (including phenoxy) is 3. The second kappa shape index (κ2) is 9.75. The summed E-state index contributed by atoms with van der Waals surface area (Å²) in [7, 11) is 1.65. The third kappa shape index (κ3) is 4.80. The van der Waals surface area contributed by atoms with Crippen LogP contribution >= 0.6 is 0 Å². The summed E-state index contributed by atoms with van der Waals surface area (Å²) < 4.78 is 18.6. The SMILES string of the molecule is COc1ccc2c(c1)OC(C)(C)[C@@H]1C[C@H]3CN(CC(=O)N(CC(=O)O)c4ccccc4)CC[C@H]3O[C@@H]21. The van der Waals surface area contributed by atoms with E-state index >= 15 is 0 Å². The van der Waals surface area contributed by atoms with Gasteiger partial charge in [0.25, 0.3) is 0 Å². The Hall–Kier alpha value is -3.10. The Morgan fingerprint density at radius 3 is 2.69 bits per heavy atom. The van der Waals surface area contributed by atoms with Gasteiger partial charge in [0.15, 0.2) is 0 Å². The van der Waals surface area contributed by atoms with Crippen molar-refractivity contribution >= 4 is 17.6 Å². The van der Waals surface area contributed by atoms with Crippen molar-refractivity contribution in [1.82, 2.24) is 4.90 Å². The van der Waals surface area contributed by atoms with Gasteiger partial charge in [-0.3, -0.25) is 14.5 Å². The van der Waals surface area contributed by atoms with Gasteiger partial charge in [-0.25, -0.2) is 0 Å². The molecule has 3 heterocycles. The molecule has 0 saturated carbocycles. The predicted octanol–water partition coefficient (Wildman–Crippen LogP) is 3.75. The highest BCUT2D eigenvalue weighted by atomic mass is 16.5. The van der Waals surface area contributed by atoms with Crippen LogP contribution < -0.4 is 14.4 Å². The molecule has 0 unspecified atom stereocenters. The number of carbonyl (C=O) groups is 2. The molecule has 0 aliphatic carbocycles. The molecule has 8 nitrogen and oxygen atoms in total. The number of carbonyl (C=O) groups excluding carboxylic acids is 1. The summed E-state index contributed by atoms with van der Waals surface area (Å²) in [5, 5.41) is 9.37. The van der Waals surface area contributed by atoms with Crippen LogP contribution in [0, 0.1) is 11.8 Å². The third-order valence-electron chi connectivity index (χ3n) is 7.81. The van der Waals surface area contributed by atoms with E-state index in [0.717, 1.165) is 43.0 Å². The number of para-hydroxylation sites is 1. The molecule has 2 aromatic rings. The maximum absolute atomic E-state index is 13.2. The van der Waals surface area contributed by atoms with E-state index in [1.807, 2.05) is 18.2 Å². The maximum Gasteiger partial charge on any atom is 0.323 e. The Balaban J connectivity index is 1.29. The zero-order valence-electron chi connectivity index (χ0n) is 21.1. The van der Waals surface area contributed by atoms with Crippen LogP contribution in [0.25, 0.3) is 0 Å². The van der Waals surface area contributed by atoms with Crippen LogP contribution in [0.4, 0.5) is 5.69 Å². The third-order valence-corrected chi connectivity index (χ3v) is 7.81. The highest BCUT2D eigenvalue weighted by Crippen LogP contribution is 2.53. The highest BCUT2D eigenvalue weighted by Gasteiger charge is 2.51. The van der Waals surface area contributed by atoms with E-state index in [2.05, 4.69) is 24.8 Å². The number of rotatable bonds is 6. The van der Waals surface area contributed by atoms with Gasteiger partial charge in [0.2, 0.25) is 5.91 Å². The summed E-state index contributed by atoms with van der Waals surface area (Å²) in [5.74, 6) is 0.808. The molecule has 2 saturated heterocycles. The number of carboxylic acid groups (broad SMARTS) is 1. The van der Waals surface area contributed by atoms with E-state index in [0.29, 0.717) is 5.69 Å². The number of amides is 1. The lowest BCUT2D eigenvalue weighted by Gasteiger charge is -2.53. The molecule has 2 fully saturated rings. The first-order valence-electron chi connectivity index (χ1n) is 12.6. The summed E-state index contributed by atoms with van der Waals surface area (Å²) >= 11 is 0. The van der Waals surface area contributed by atoms with Crippen LogP contribution in [0.15, 0.2) is 48.5 Å². The maximum atomic E-state index is 13.2. The molecule has 3 aliphatic rings. The van der Waals surface area contributed by atoms with Crippen LogP contribution in [0.3, 0.4) is 0 Å². The Bertz CT molecular complexity index is 1120. The molecule has 2 aromatic carbocycles. The summed E-state index contributed by atoms with van der Waals surface area (Å²) in [5.41, 5.74) is 1.27. The van der Waals surface area contributed by atoms with Gasteiger partial charge < -0.3 is 24.2 Å². The minimum absolute atomic E-state index is 0.0340. The highest BCUT2D eigenvalue weighted by molar-refractivity contribution is 5.98. The van der Waals surface area contributed by atoms with Crippen LogP contribution in [0.1, 0.15) is 38.4 Å². The first-order chi connectivity index (χ1) is 17.2. The van der Waals surface area contributed by atoms with Crippen LogP contribution in [0.2, 0.25) is 0 Å². The van der Waals surface area contributed by atoms with Gasteiger partial charge in [-0.1, -0.05) is 18.2 Å².